The summed E-state index contributed by atoms with van der Waals surface area (Å²) >= 11 is 0. The fourth-order valence-corrected chi connectivity index (χ4v) is 3.83. The Labute approximate surface area is 203 Å². The Morgan fingerprint density at radius 1 is 0.800 bits per heavy atom. The third-order valence-corrected chi connectivity index (χ3v) is 5.74. The standard InChI is InChI=1S/C29H24O6/c1-18-25(14-13-24(27(18)30)28(31)23-11-3-4-12-26(23)34-2)35-17-19-7-5-8-20(15-19)21-9-6-10-22(16-21)29(32)33/h3-16,30H,17H2,1-2H3,(H,32,33). The van der Waals surface area contributed by atoms with Crippen molar-refractivity contribution in [1.29, 1.82) is 0 Å². The van der Waals surface area contributed by atoms with Crippen molar-refractivity contribution in [3.05, 3.63) is 113 Å². The minimum absolute atomic E-state index is 0.141. The number of hydrogen-bond acceptors (Lipinski definition) is 5. The lowest BCUT2D eigenvalue weighted by Gasteiger charge is -2.14. The van der Waals surface area contributed by atoms with E-state index in [1.54, 1.807) is 61.5 Å². The molecule has 0 saturated heterocycles. The molecule has 0 heterocycles. The highest BCUT2D eigenvalue weighted by molar-refractivity contribution is 6.12. The Morgan fingerprint density at radius 2 is 1.51 bits per heavy atom. The maximum Gasteiger partial charge on any atom is 0.335 e. The van der Waals surface area contributed by atoms with Crippen LogP contribution in [-0.4, -0.2) is 29.1 Å². The average molecular weight is 469 g/mol. The molecule has 0 aliphatic carbocycles. The molecule has 0 spiro atoms. The first-order valence-electron chi connectivity index (χ1n) is 10.9. The highest BCUT2D eigenvalue weighted by Gasteiger charge is 2.20. The lowest BCUT2D eigenvalue weighted by Crippen LogP contribution is -2.06. The largest absolute Gasteiger partial charge is 0.507 e. The number of phenols is 1. The minimum atomic E-state index is -0.978. The summed E-state index contributed by atoms with van der Waals surface area (Å²) in [5.74, 6) is -0.571. The second-order valence-electron chi connectivity index (χ2n) is 7.99. The number of carbonyl (C=O) groups is 2. The van der Waals surface area contributed by atoms with Gasteiger partial charge in [0.1, 0.15) is 23.9 Å². The number of rotatable bonds is 8. The van der Waals surface area contributed by atoms with Crippen LogP contribution in [0.1, 0.15) is 37.4 Å². The molecule has 0 aliphatic rings. The summed E-state index contributed by atoms with van der Waals surface area (Å²) in [5, 5.41) is 20.0. The summed E-state index contributed by atoms with van der Waals surface area (Å²) in [7, 11) is 1.49. The van der Waals surface area contributed by atoms with Gasteiger partial charge in [0, 0.05) is 5.56 Å². The topological polar surface area (TPSA) is 93.1 Å². The second kappa shape index (κ2) is 10.1. The van der Waals surface area contributed by atoms with E-state index in [-0.39, 0.29) is 29.3 Å². The predicted octanol–water partition coefficient (Wildman–Crippen LogP) is 5.88. The monoisotopic (exact) mass is 468 g/mol. The van der Waals surface area contributed by atoms with Crippen molar-refractivity contribution in [2.24, 2.45) is 0 Å². The highest BCUT2D eigenvalue weighted by Crippen LogP contribution is 2.34. The van der Waals surface area contributed by atoms with E-state index in [0.717, 1.165) is 16.7 Å². The van der Waals surface area contributed by atoms with Crippen LogP contribution in [0.4, 0.5) is 0 Å². The van der Waals surface area contributed by atoms with E-state index in [1.165, 1.54) is 7.11 Å². The van der Waals surface area contributed by atoms with Gasteiger partial charge in [-0.15, -0.1) is 0 Å². The van der Waals surface area contributed by atoms with E-state index >= 15 is 0 Å². The summed E-state index contributed by atoms with van der Waals surface area (Å²) in [6.45, 7) is 1.92. The molecular formula is C29H24O6. The van der Waals surface area contributed by atoms with Gasteiger partial charge in [0.25, 0.3) is 0 Å². The van der Waals surface area contributed by atoms with Crippen LogP contribution >= 0.6 is 0 Å². The molecule has 6 nitrogen and oxygen atoms in total. The number of hydrogen-bond donors (Lipinski definition) is 2. The fraction of sp³-hybridized carbons (Fsp3) is 0.103. The van der Waals surface area contributed by atoms with Crippen LogP contribution in [0, 0.1) is 6.92 Å². The van der Waals surface area contributed by atoms with Gasteiger partial charge in [0.15, 0.2) is 5.78 Å². The third kappa shape index (κ3) is 5.01. The number of phenolic OH excluding ortho intramolecular Hbond substituents is 1. The number of para-hydroxylation sites is 1. The Morgan fingerprint density at radius 3 is 2.26 bits per heavy atom. The van der Waals surface area contributed by atoms with E-state index < -0.39 is 5.97 Å². The lowest BCUT2D eigenvalue weighted by atomic mass is 9.99. The van der Waals surface area contributed by atoms with E-state index in [9.17, 15) is 19.8 Å². The van der Waals surface area contributed by atoms with Crippen LogP contribution in [0.2, 0.25) is 0 Å². The van der Waals surface area contributed by atoms with Gasteiger partial charge >= 0.3 is 5.97 Å². The van der Waals surface area contributed by atoms with Crippen molar-refractivity contribution in [1.82, 2.24) is 0 Å². The number of carboxylic acids is 1. The molecule has 0 aliphatic heterocycles. The molecule has 0 amide bonds. The van der Waals surface area contributed by atoms with Crippen molar-refractivity contribution in [2.45, 2.75) is 13.5 Å². The Hall–Kier alpha value is -4.58. The van der Waals surface area contributed by atoms with Crippen LogP contribution in [0.3, 0.4) is 0 Å². The molecule has 0 saturated carbocycles. The van der Waals surface area contributed by atoms with Crippen molar-refractivity contribution >= 4 is 11.8 Å². The molecule has 35 heavy (non-hydrogen) atoms. The maximum atomic E-state index is 13.0. The van der Waals surface area contributed by atoms with Crippen molar-refractivity contribution in [3.8, 4) is 28.4 Å². The molecule has 0 fully saturated rings. The molecule has 176 valence electrons. The van der Waals surface area contributed by atoms with Gasteiger partial charge in [-0.25, -0.2) is 4.79 Å². The van der Waals surface area contributed by atoms with E-state index in [4.69, 9.17) is 9.47 Å². The van der Waals surface area contributed by atoms with Crippen LogP contribution in [0.25, 0.3) is 11.1 Å². The first-order chi connectivity index (χ1) is 16.9. The van der Waals surface area contributed by atoms with E-state index in [0.29, 0.717) is 22.6 Å². The number of carbonyl (C=O) groups excluding carboxylic acids is 1. The molecule has 6 heteroatoms. The number of ketones is 1. The highest BCUT2D eigenvalue weighted by atomic mass is 16.5. The zero-order valence-electron chi connectivity index (χ0n) is 19.3. The molecular weight excluding hydrogens is 444 g/mol. The molecule has 0 unspecified atom stereocenters. The van der Waals surface area contributed by atoms with E-state index in [2.05, 4.69) is 0 Å². The van der Waals surface area contributed by atoms with Crippen molar-refractivity contribution in [3.63, 3.8) is 0 Å². The SMILES string of the molecule is COc1ccccc1C(=O)c1ccc(OCc2cccc(-c3cccc(C(=O)O)c3)c2)c(C)c1O. The molecule has 4 aromatic rings. The maximum absolute atomic E-state index is 13.0. The quantitative estimate of drug-likeness (QED) is 0.314. The Balaban J connectivity index is 1.54. The van der Waals surface area contributed by atoms with Gasteiger partial charge in [0.2, 0.25) is 0 Å². The Kier molecular flexibility index (Phi) is 6.83. The summed E-state index contributed by atoms with van der Waals surface area (Å²) in [6, 6.07) is 24.4. The second-order valence-corrected chi connectivity index (χ2v) is 7.99. The van der Waals surface area contributed by atoms with Crippen LogP contribution in [0.15, 0.2) is 84.9 Å². The zero-order chi connectivity index (χ0) is 24.9. The predicted molar refractivity (Wildman–Crippen MR) is 132 cm³/mol. The van der Waals surface area contributed by atoms with Gasteiger partial charge in [-0.2, -0.15) is 0 Å². The summed E-state index contributed by atoms with van der Waals surface area (Å²) in [6.07, 6.45) is 0. The van der Waals surface area contributed by atoms with Crippen molar-refractivity contribution < 1.29 is 29.3 Å². The zero-order valence-corrected chi connectivity index (χ0v) is 19.3. The van der Waals surface area contributed by atoms with Gasteiger partial charge in [0.05, 0.1) is 23.8 Å². The molecule has 0 atom stereocenters. The van der Waals surface area contributed by atoms with Gasteiger partial charge in [-0.05, 0) is 66.1 Å². The normalized spacial score (nSPS) is 10.6. The molecule has 4 aromatic carbocycles. The van der Waals surface area contributed by atoms with Gasteiger partial charge in [-0.1, -0.05) is 42.5 Å². The molecule has 4 rings (SSSR count). The number of aromatic carboxylic acids is 1. The fourth-order valence-electron chi connectivity index (χ4n) is 3.83. The molecule has 0 bridgehead atoms. The van der Waals surface area contributed by atoms with Gasteiger partial charge in [-0.3, -0.25) is 4.79 Å². The molecule has 2 N–H and O–H groups in total. The summed E-state index contributed by atoms with van der Waals surface area (Å²) in [4.78, 5) is 24.3. The Bertz CT molecular complexity index is 1410. The number of aromatic hydroxyl groups is 1. The first-order valence-corrected chi connectivity index (χ1v) is 10.9. The number of methoxy groups -OCH3 is 1. The lowest BCUT2D eigenvalue weighted by molar-refractivity contribution is 0.0696. The van der Waals surface area contributed by atoms with E-state index in [1.807, 2.05) is 30.3 Å². The summed E-state index contributed by atoms with van der Waals surface area (Å²) in [5.41, 5.74) is 3.73. The number of benzene rings is 4. The smallest absolute Gasteiger partial charge is 0.335 e. The van der Waals surface area contributed by atoms with Crippen LogP contribution < -0.4 is 9.47 Å². The minimum Gasteiger partial charge on any atom is -0.507 e. The van der Waals surface area contributed by atoms with Crippen molar-refractivity contribution in [2.75, 3.05) is 7.11 Å². The van der Waals surface area contributed by atoms with Crippen LogP contribution in [0.5, 0.6) is 17.2 Å². The van der Waals surface area contributed by atoms with Crippen LogP contribution in [-0.2, 0) is 6.61 Å². The van der Waals surface area contributed by atoms with Gasteiger partial charge < -0.3 is 19.7 Å². The summed E-state index contributed by atoms with van der Waals surface area (Å²) < 4.78 is 11.2. The average Bonchev–Trinajstić information content (AvgIpc) is 2.89. The number of carboxylic acid groups (broad SMARTS) is 1. The molecule has 0 radical (unpaired) electrons. The third-order valence-electron chi connectivity index (χ3n) is 5.74. The number of ether oxygens (including phenoxy) is 2. The molecule has 0 aromatic heterocycles. The first kappa shape index (κ1) is 23.6.